The molecule has 0 saturated heterocycles. The lowest BCUT2D eigenvalue weighted by atomic mass is 10.2. The Labute approximate surface area is 146 Å². The minimum Gasteiger partial charge on any atom is -0.492 e. The van der Waals surface area contributed by atoms with Crippen LogP contribution in [0, 0.1) is 5.82 Å². The molecule has 24 heavy (non-hydrogen) atoms. The summed E-state index contributed by atoms with van der Waals surface area (Å²) in [5.41, 5.74) is 2.28. The average Bonchev–Trinajstić information content (AvgIpc) is 2.61. The molecule has 0 spiro atoms. The second-order valence-corrected chi connectivity index (χ2v) is 6.30. The summed E-state index contributed by atoms with van der Waals surface area (Å²) in [7, 11) is 0. The molecule has 0 radical (unpaired) electrons. The number of rotatable bonds is 9. The summed E-state index contributed by atoms with van der Waals surface area (Å²) < 4.78 is 18.4. The molecule has 0 aromatic heterocycles. The first kappa shape index (κ1) is 18.3. The third-order valence-corrected chi connectivity index (χ3v) is 4.44. The Kier molecular flexibility index (Phi) is 7.62. The monoisotopic (exact) mass is 347 g/mol. The number of nitrogens with one attached hydrogen (secondary N) is 1. The minimum absolute atomic E-state index is 0.0213. The van der Waals surface area contributed by atoms with Crippen LogP contribution in [0.5, 0.6) is 5.75 Å². The van der Waals surface area contributed by atoms with Crippen molar-refractivity contribution in [3.63, 3.8) is 0 Å². The van der Waals surface area contributed by atoms with Crippen LogP contribution in [-0.4, -0.2) is 24.8 Å². The van der Waals surface area contributed by atoms with E-state index in [2.05, 4.69) is 12.2 Å². The lowest BCUT2D eigenvalue weighted by molar-refractivity contribution is -0.118. The molecule has 0 saturated carbocycles. The molecule has 128 valence electrons. The predicted molar refractivity (Wildman–Crippen MR) is 96.9 cm³/mol. The van der Waals surface area contributed by atoms with Gasteiger partial charge in [0.05, 0.1) is 12.3 Å². The first-order chi connectivity index (χ1) is 11.7. The highest BCUT2D eigenvalue weighted by Crippen LogP contribution is 2.13. The van der Waals surface area contributed by atoms with Crippen LogP contribution >= 0.6 is 11.8 Å². The Morgan fingerprint density at radius 3 is 2.42 bits per heavy atom. The van der Waals surface area contributed by atoms with Crippen LogP contribution in [0.25, 0.3) is 0 Å². The zero-order valence-electron chi connectivity index (χ0n) is 13.8. The Bertz CT molecular complexity index is 629. The molecular weight excluding hydrogens is 325 g/mol. The standard InChI is InChI=1S/C19H22FNO2S/c1-2-15-5-9-18(10-6-15)23-12-11-21-19(22)14-24-13-16-3-7-17(20)8-4-16/h3-10H,2,11-14H2,1H3,(H,21,22). The van der Waals surface area contributed by atoms with Crippen molar-refractivity contribution in [3.05, 3.63) is 65.5 Å². The van der Waals surface area contributed by atoms with Crippen molar-refractivity contribution in [2.45, 2.75) is 19.1 Å². The lowest BCUT2D eigenvalue weighted by Crippen LogP contribution is -2.29. The molecular formula is C19H22FNO2S. The first-order valence-corrected chi connectivity index (χ1v) is 9.13. The maximum absolute atomic E-state index is 12.8. The van der Waals surface area contributed by atoms with Crippen LogP contribution in [0.2, 0.25) is 0 Å². The fraction of sp³-hybridized carbons (Fsp3) is 0.316. The molecule has 0 aliphatic heterocycles. The summed E-state index contributed by atoms with van der Waals surface area (Å²) in [5, 5.41) is 2.83. The van der Waals surface area contributed by atoms with E-state index in [9.17, 15) is 9.18 Å². The van der Waals surface area contributed by atoms with Crippen LogP contribution < -0.4 is 10.1 Å². The topological polar surface area (TPSA) is 38.3 Å². The van der Waals surface area contributed by atoms with Gasteiger partial charge < -0.3 is 10.1 Å². The summed E-state index contributed by atoms with van der Waals surface area (Å²) in [6, 6.07) is 14.3. The average molecular weight is 347 g/mol. The van der Waals surface area contributed by atoms with E-state index in [1.807, 2.05) is 24.3 Å². The van der Waals surface area contributed by atoms with Crippen LogP contribution in [-0.2, 0) is 17.0 Å². The second-order valence-electron chi connectivity index (χ2n) is 5.32. The number of thioether (sulfide) groups is 1. The second kappa shape index (κ2) is 9.98. The van der Waals surface area contributed by atoms with E-state index in [4.69, 9.17) is 4.74 Å². The van der Waals surface area contributed by atoms with Crippen molar-refractivity contribution in [2.24, 2.45) is 0 Å². The number of carbonyl (C=O) groups excluding carboxylic acids is 1. The number of amides is 1. The maximum Gasteiger partial charge on any atom is 0.230 e. The number of halogens is 1. The van der Waals surface area contributed by atoms with Gasteiger partial charge >= 0.3 is 0 Å². The molecule has 0 atom stereocenters. The van der Waals surface area contributed by atoms with Crippen LogP contribution in [0.3, 0.4) is 0 Å². The fourth-order valence-electron chi connectivity index (χ4n) is 2.07. The Balaban J connectivity index is 1.56. The van der Waals surface area contributed by atoms with Crippen molar-refractivity contribution < 1.29 is 13.9 Å². The summed E-state index contributed by atoms with van der Waals surface area (Å²) in [6.45, 7) is 3.03. The molecule has 2 aromatic rings. The van der Waals surface area contributed by atoms with E-state index < -0.39 is 0 Å². The Hall–Kier alpha value is -2.01. The SMILES string of the molecule is CCc1ccc(OCCNC(=O)CSCc2ccc(F)cc2)cc1. The molecule has 0 aliphatic carbocycles. The number of hydrogen-bond acceptors (Lipinski definition) is 3. The molecule has 1 amide bonds. The third-order valence-electron chi connectivity index (χ3n) is 3.44. The zero-order valence-corrected chi connectivity index (χ0v) is 14.6. The molecule has 0 aliphatic rings. The van der Waals surface area contributed by atoms with E-state index in [1.54, 1.807) is 12.1 Å². The molecule has 0 fully saturated rings. The first-order valence-electron chi connectivity index (χ1n) is 7.98. The normalized spacial score (nSPS) is 10.4. The van der Waals surface area contributed by atoms with Gasteiger partial charge in [0.25, 0.3) is 0 Å². The van der Waals surface area contributed by atoms with Crippen molar-refractivity contribution in [2.75, 3.05) is 18.9 Å². The number of hydrogen-bond donors (Lipinski definition) is 1. The fourth-order valence-corrected chi connectivity index (χ4v) is 2.89. The van der Waals surface area contributed by atoms with Crippen molar-refractivity contribution in [1.82, 2.24) is 5.32 Å². The number of benzene rings is 2. The smallest absolute Gasteiger partial charge is 0.230 e. The maximum atomic E-state index is 12.8. The van der Waals surface area contributed by atoms with Gasteiger partial charge in [-0.15, -0.1) is 11.8 Å². The van der Waals surface area contributed by atoms with Gasteiger partial charge in [0.2, 0.25) is 5.91 Å². The largest absolute Gasteiger partial charge is 0.492 e. The van der Waals surface area contributed by atoms with E-state index >= 15 is 0 Å². The van der Waals surface area contributed by atoms with E-state index in [-0.39, 0.29) is 11.7 Å². The molecule has 0 heterocycles. The molecule has 0 bridgehead atoms. The molecule has 2 aromatic carbocycles. The van der Waals surface area contributed by atoms with Gasteiger partial charge in [-0.2, -0.15) is 0 Å². The highest BCUT2D eigenvalue weighted by atomic mass is 32.2. The zero-order chi connectivity index (χ0) is 17.2. The quantitative estimate of drug-likeness (QED) is 0.701. The molecule has 5 heteroatoms. The highest BCUT2D eigenvalue weighted by molar-refractivity contribution is 7.99. The molecule has 1 N–H and O–H groups in total. The molecule has 3 nitrogen and oxygen atoms in total. The predicted octanol–water partition coefficient (Wildman–Crippen LogP) is 3.82. The lowest BCUT2D eigenvalue weighted by Gasteiger charge is -2.08. The van der Waals surface area contributed by atoms with Crippen molar-refractivity contribution in [3.8, 4) is 5.75 Å². The van der Waals surface area contributed by atoms with Crippen molar-refractivity contribution >= 4 is 17.7 Å². The summed E-state index contributed by atoms with van der Waals surface area (Å²) in [4.78, 5) is 11.7. The summed E-state index contributed by atoms with van der Waals surface area (Å²) in [5.74, 6) is 1.61. The summed E-state index contributed by atoms with van der Waals surface area (Å²) >= 11 is 1.50. The molecule has 0 unspecified atom stereocenters. The van der Waals surface area contributed by atoms with Gasteiger partial charge in [0, 0.05) is 5.75 Å². The van der Waals surface area contributed by atoms with E-state index in [0.29, 0.717) is 24.7 Å². The van der Waals surface area contributed by atoms with Crippen molar-refractivity contribution in [1.29, 1.82) is 0 Å². The van der Waals surface area contributed by atoms with Gasteiger partial charge in [-0.05, 0) is 41.8 Å². The number of aryl methyl sites for hydroxylation is 1. The van der Waals surface area contributed by atoms with Gasteiger partial charge in [0.1, 0.15) is 18.2 Å². The van der Waals surface area contributed by atoms with Gasteiger partial charge in [0.15, 0.2) is 0 Å². The minimum atomic E-state index is -0.245. The van der Waals surface area contributed by atoms with Crippen LogP contribution in [0.4, 0.5) is 4.39 Å². The summed E-state index contributed by atoms with van der Waals surface area (Å²) in [6.07, 6.45) is 1.01. The van der Waals surface area contributed by atoms with Crippen LogP contribution in [0.15, 0.2) is 48.5 Å². The van der Waals surface area contributed by atoms with Gasteiger partial charge in [-0.25, -0.2) is 4.39 Å². The van der Waals surface area contributed by atoms with E-state index in [1.165, 1.54) is 29.5 Å². The Morgan fingerprint density at radius 1 is 1.08 bits per heavy atom. The Morgan fingerprint density at radius 2 is 1.75 bits per heavy atom. The number of carbonyl (C=O) groups is 1. The number of ether oxygens (including phenoxy) is 1. The van der Waals surface area contributed by atoms with Crippen LogP contribution in [0.1, 0.15) is 18.1 Å². The highest BCUT2D eigenvalue weighted by Gasteiger charge is 2.02. The van der Waals surface area contributed by atoms with Gasteiger partial charge in [-0.3, -0.25) is 4.79 Å². The van der Waals surface area contributed by atoms with E-state index in [0.717, 1.165) is 17.7 Å². The van der Waals surface area contributed by atoms with Gasteiger partial charge in [-0.1, -0.05) is 31.2 Å². The molecule has 2 rings (SSSR count). The third kappa shape index (κ3) is 6.62.